The summed E-state index contributed by atoms with van der Waals surface area (Å²) in [5.41, 5.74) is 0. The average molecular weight is 584 g/mol. The van der Waals surface area contributed by atoms with Crippen molar-refractivity contribution in [2.75, 3.05) is 13.1 Å². The van der Waals surface area contributed by atoms with E-state index in [1.165, 1.54) is 0 Å². The third kappa shape index (κ3) is 15.7. The molecule has 0 aliphatic rings. The fraction of sp³-hybridized carbons (Fsp3) is 0.857. The first-order valence-electron chi connectivity index (χ1n) is 3.58. The molecule has 0 saturated heterocycles. The molecule has 0 aliphatic heterocycles. The summed E-state index contributed by atoms with van der Waals surface area (Å²) < 4.78 is 0. The second-order valence-electron chi connectivity index (χ2n) is 2.12. The van der Waals surface area contributed by atoms with E-state index in [0.717, 1.165) is 13.1 Å². The molecule has 0 heterocycles. The van der Waals surface area contributed by atoms with Crippen LogP contribution in [0.4, 0.5) is 0 Å². The van der Waals surface area contributed by atoms with Gasteiger partial charge >= 0.3 is 50.5 Å². The van der Waals surface area contributed by atoms with Gasteiger partial charge in [0.05, 0.1) is 0 Å². The zero-order valence-electron chi connectivity index (χ0n) is 7.86. The Kier molecular flexibility index (Phi) is 28.7. The van der Waals surface area contributed by atoms with Crippen molar-refractivity contribution in [1.29, 1.82) is 0 Å². The van der Waals surface area contributed by atoms with E-state index in [-0.39, 0.29) is 32.7 Å². The van der Waals surface area contributed by atoms with Crippen molar-refractivity contribution in [2.45, 2.75) is 26.8 Å². The van der Waals surface area contributed by atoms with Gasteiger partial charge in [-0.15, -0.1) is 6.04 Å². The largest absolute Gasteiger partial charge is 0.331 e. The van der Waals surface area contributed by atoms with E-state index in [0.29, 0.717) is 19.3 Å². The quantitative estimate of drug-likeness (QED) is 0.342. The Morgan fingerprint density at radius 1 is 1.33 bits per heavy atom. The molecule has 0 aromatic rings. The number of nitrogens with zero attached hydrogens (tertiary/aromatic N) is 1. The zero-order valence-corrected chi connectivity index (χ0v) is 17.2. The van der Waals surface area contributed by atoms with E-state index in [1.807, 2.05) is 0 Å². The Bertz CT molecular complexity index is 69.7. The number of rotatable bonds is 3. The molecule has 1 radical (unpaired) electrons. The van der Waals surface area contributed by atoms with Crippen LogP contribution in [-0.4, -0.2) is 24.0 Å². The molecule has 12 heavy (non-hydrogen) atoms. The van der Waals surface area contributed by atoms with Gasteiger partial charge in [0.15, 0.2) is 0 Å². The number of hydrogen-bond acceptors (Lipinski definition) is 1. The average Bonchev–Trinajstić information content (AvgIpc) is 1.91. The predicted molar refractivity (Wildman–Crippen MR) is 65.8 cm³/mol. The molecule has 75 valence electrons. The van der Waals surface area contributed by atoms with Gasteiger partial charge in [0.1, 0.15) is 0 Å². The van der Waals surface area contributed by atoms with Crippen molar-refractivity contribution in [2.24, 2.45) is 0 Å². The molecule has 0 fully saturated rings. The molecule has 0 aromatic heterocycles. The van der Waals surface area contributed by atoms with E-state index >= 15 is 0 Å². The molecule has 0 aromatic carbocycles. The Labute approximate surface area is 132 Å². The van der Waals surface area contributed by atoms with Crippen LogP contribution in [0.15, 0.2) is 0 Å². The van der Waals surface area contributed by atoms with Crippen LogP contribution in [0, 0.1) is 6.92 Å². The summed E-state index contributed by atoms with van der Waals surface area (Å²) in [6, 6.07) is 0.463. The first-order valence-corrected chi connectivity index (χ1v) is 16.1. The first kappa shape index (κ1) is 20.6. The van der Waals surface area contributed by atoms with Gasteiger partial charge in [-0.05, 0) is 13.1 Å². The van der Waals surface area contributed by atoms with E-state index in [1.54, 1.807) is 0 Å². The van der Waals surface area contributed by atoms with Crippen molar-refractivity contribution in [3.05, 3.63) is 6.92 Å². The zero-order chi connectivity index (χ0) is 9.28. The minimum atomic E-state index is 0. The maximum absolute atomic E-state index is 3.91. The summed E-state index contributed by atoms with van der Waals surface area (Å²) in [4.78, 5) is 2.31. The van der Waals surface area contributed by atoms with Crippen LogP contribution < -0.4 is 13.3 Å². The first-order chi connectivity index (χ1) is 5.13. The van der Waals surface area contributed by atoms with Gasteiger partial charge in [-0.1, -0.05) is 20.8 Å². The van der Waals surface area contributed by atoms with Gasteiger partial charge < -0.3 is 11.8 Å². The van der Waals surface area contributed by atoms with E-state index in [2.05, 4.69) is 69.8 Å². The van der Waals surface area contributed by atoms with E-state index in [9.17, 15) is 0 Å². The van der Waals surface area contributed by atoms with Crippen LogP contribution >= 0.6 is 37.2 Å². The molecule has 1 nitrogen and oxygen atoms in total. The summed E-state index contributed by atoms with van der Waals surface area (Å²) in [5.74, 6) is 0. The van der Waals surface area contributed by atoms with Gasteiger partial charge in [-0.25, -0.2) is 0 Å². The summed E-state index contributed by atoms with van der Waals surface area (Å²) in [7, 11) is 0. The molecular formula is C7H16I3NY-2. The van der Waals surface area contributed by atoms with Crippen molar-refractivity contribution in [3.63, 3.8) is 0 Å². The minimum absolute atomic E-state index is 0. The molecule has 0 spiro atoms. The molecule has 0 saturated carbocycles. The molecule has 0 rings (SSSR count). The smallest absolute Gasteiger partial charge is 0 e. The third-order valence-electron chi connectivity index (χ3n) is 1.44. The van der Waals surface area contributed by atoms with Gasteiger partial charge in [-0.3, -0.25) is 0 Å². The van der Waals surface area contributed by atoms with Gasteiger partial charge in [-0.2, -0.15) is 0 Å². The van der Waals surface area contributed by atoms with Crippen molar-refractivity contribution in [3.8, 4) is 0 Å². The third-order valence-corrected chi connectivity index (χ3v) is 1.44. The Hall–Kier alpha value is 3.25. The maximum atomic E-state index is 3.91. The molecular weight excluding hydrogens is 568 g/mol. The van der Waals surface area contributed by atoms with Crippen molar-refractivity contribution in [1.82, 2.24) is 4.90 Å². The minimum Gasteiger partial charge on any atom is -0.331 e. The Morgan fingerprint density at radius 2 is 1.58 bits per heavy atom. The van der Waals surface area contributed by atoms with Crippen LogP contribution in [0.3, 0.4) is 0 Å². The molecule has 1 unspecified atom stereocenters. The summed E-state index contributed by atoms with van der Waals surface area (Å²) in [6.07, 6.45) is 0. The summed E-state index contributed by atoms with van der Waals surface area (Å²) >= 11 is 5.30. The maximum Gasteiger partial charge on any atom is 0 e. The van der Waals surface area contributed by atoms with Gasteiger partial charge in [0, 0.05) is 32.7 Å². The molecule has 1 atom stereocenters. The topological polar surface area (TPSA) is 3.24 Å². The Balaban J connectivity index is -0.000000177. The summed E-state index contributed by atoms with van der Waals surface area (Å²) in [6.45, 7) is 12.6. The normalized spacial score (nSPS) is 11.6. The SMILES string of the molecule is I[I-]I.[CH2-]C(C)N(CC)CC.[Y]. The molecule has 0 bridgehead atoms. The fourth-order valence-electron chi connectivity index (χ4n) is 0.847. The standard InChI is InChI=1S/C7H16N.I3.Y/c1-5-8(6-2)7(3)4;1-3-2;/h7H,3,5-6H2,1-2,4H3;;/q2*-1;. The Morgan fingerprint density at radius 3 is 1.58 bits per heavy atom. The van der Waals surface area contributed by atoms with Crippen molar-refractivity contribution < 1.29 is 46.0 Å². The van der Waals surface area contributed by atoms with Crippen LogP contribution in [0.25, 0.3) is 0 Å². The van der Waals surface area contributed by atoms with E-state index < -0.39 is 0 Å². The monoisotopic (exact) mass is 584 g/mol. The van der Waals surface area contributed by atoms with Crippen LogP contribution in [0.5, 0.6) is 0 Å². The van der Waals surface area contributed by atoms with Crippen molar-refractivity contribution >= 4 is 37.2 Å². The molecule has 5 heteroatoms. The van der Waals surface area contributed by atoms with Crippen LogP contribution in [0.1, 0.15) is 20.8 Å². The van der Waals surface area contributed by atoms with Gasteiger partial charge in [0.25, 0.3) is 0 Å². The van der Waals surface area contributed by atoms with Gasteiger partial charge in [0.2, 0.25) is 0 Å². The molecule has 0 aliphatic carbocycles. The van der Waals surface area contributed by atoms with Crippen LogP contribution in [-0.2, 0) is 32.7 Å². The molecule has 0 N–H and O–H groups in total. The second kappa shape index (κ2) is 16.7. The molecule has 0 amide bonds. The van der Waals surface area contributed by atoms with E-state index in [4.69, 9.17) is 0 Å². The second-order valence-corrected chi connectivity index (χ2v) is 18.4. The predicted octanol–water partition coefficient (Wildman–Crippen LogP) is 0.324. The fourth-order valence-corrected chi connectivity index (χ4v) is 0.847. The summed E-state index contributed by atoms with van der Waals surface area (Å²) in [5, 5.41) is 0. The number of hydrogen-bond donors (Lipinski definition) is 0. The number of halogens is 3. The van der Waals surface area contributed by atoms with Crippen LogP contribution in [0.2, 0.25) is 0 Å².